The summed E-state index contributed by atoms with van der Waals surface area (Å²) in [7, 11) is 1.98. The van der Waals surface area contributed by atoms with Gasteiger partial charge in [-0.25, -0.2) is 4.98 Å². The molecule has 1 heterocycles. The molecule has 0 radical (unpaired) electrons. The first kappa shape index (κ1) is 13.3. The van der Waals surface area contributed by atoms with Gasteiger partial charge in [-0.15, -0.1) is 0 Å². The minimum Gasteiger partial charge on any atom is -0.383 e. The second-order valence-corrected chi connectivity index (χ2v) is 4.99. The molecule has 0 amide bonds. The van der Waals surface area contributed by atoms with Crippen molar-refractivity contribution >= 4 is 17.6 Å². The van der Waals surface area contributed by atoms with Gasteiger partial charge in [0.15, 0.2) is 0 Å². The summed E-state index contributed by atoms with van der Waals surface area (Å²) in [4.78, 5) is 4.17. The van der Waals surface area contributed by atoms with E-state index in [1.807, 2.05) is 24.9 Å². The standard InChI is InChI=1S/C12H21N3S/c1-4-7-16-8-10(14-3)11-9(2)5-6-15-12(11)13/h5-6,10,14H,4,7-8H2,1-3H3,(H2,13,15). The molecule has 0 aliphatic rings. The average molecular weight is 239 g/mol. The number of nitrogens with two attached hydrogens (primary N) is 1. The number of thioether (sulfide) groups is 1. The molecule has 3 N–H and O–H groups in total. The number of aromatic nitrogens is 1. The maximum atomic E-state index is 5.94. The number of nitrogens with one attached hydrogen (secondary N) is 1. The van der Waals surface area contributed by atoms with Crippen LogP contribution in [0.5, 0.6) is 0 Å². The van der Waals surface area contributed by atoms with Gasteiger partial charge < -0.3 is 11.1 Å². The maximum Gasteiger partial charge on any atom is 0.128 e. The zero-order valence-electron chi connectivity index (χ0n) is 10.3. The molecule has 16 heavy (non-hydrogen) atoms. The smallest absolute Gasteiger partial charge is 0.128 e. The first-order valence-corrected chi connectivity index (χ1v) is 6.82. The van der Waals surface area contributed by atoms with Crippen LogP contribution in [-0.4, -0.2) is 23.5 Å². The van der Waals surface area contributed by atoms with E-state index in [2.05, 4.69) is 24.1 Å². The summed E-state index contributed by atoms with van der Waals surface area (Å²) in [6.45, 7) is 4.28. The lowest BCUT2D eigenvalue weighted by atomic mass is 10.0. The first-order chi connectivity index (χ1) is 7.70. The lowest BCUT2D eigenvalue weighted by Crippen LogP contribution is -2.21. The average Bonchev–Trinajstić information content (AvgIpc) is 2.26. The summed E-state index contributed by atoms with van der Waals surface area (Å²) in [5.41, 5.74) is 8.30. The molecule has 0 saturated heterocycles. The van der Waals surface area contributed by atoms with Crippen LogP contribution < -0.4 is 11.1 Å². The third-order valence-electron chi connectivity index (χ3n) is 2.57. The second-order valence-electron chi connectivity index (χ2n) is 3.84. The SMILES string of the molecule is CCCSCC(NC)c1c(C)ccnc1N. The maximum absolute atomic E-state index is 5.94. The molecule has 0 bridgehead atoms. The zero-order valence-corrected chi connectivity index (χ0v) is 11.1. The highest BCUT2D eigenvalue weighted by Crippen LogP contribution is 2.25. The summed E-state index contributed by atoms with van der Waals surface area (Å²) < 4.78 is 0. The Kier molecular flexibility index (Phi) is 5.63. The molecule has 90 valence electrons. The van der Waals surface area contributed by atoms with Gasteiger partial charge >= 0.3 is 0 Å². The predicted molar refractivity (Wildman–Crippen MR) is 72.8 cm³/mol. The van der Waals surface area contributed by atoms with Crippen LogP contribution in [0, 0.1) is 6.92 Å². The molecule has 0 saturated carbocycles. The molecule has 0 fully saturated rings. The molecule has 1 atom stereocenters. The van der Waals surface area contributed by atoms with Crippen molar-refractivity contribution in [2.24, 2.45) is 0 Å². The van der Waals surface area contributed by atoms with Crippen molar-refractivity contribution < 1.29 is 0 Å². The fraction of sp³-hybridized carbons (Fsp3) is 0.583. The molecule has 1 aromatic rings. The van der Waals surface area contributed by atoms with E-state index in [1.165, 1.54) is 17.7 Å². The fourth-order valence-corrected chi connectivity index (χ4v) is 2.72. The monoisotopic (exact) mass is 239 g/mol. The number of nitrogens with zero attached hydrogens (tertiary/aromatic N) is 1. The minimum atomic E-state index is 0.297. The van der Waals surface area contributed by atoms with Crippen LogP contribution in [0.4, 0.5) is 5.82 Å². The molecule has 0 aliphatic heterocycles. The van der Waals surface area contributed by atoms with Crippen molar-refractivity contribution in [1.29, 1.82) is 0 Å². The van der Waals surface area contributed by atoms with Crippen LogP contribution in [0.1, 0.15) is 30.5 Å². The Balaban J connectivity index is 2.78. The highest BCUT2D eigenvalue weighted by Gasteiger charge is 2.15. The van der Waals surface area contributed by atoms with Gasteiger partial charge in [-0.1, -0.05) is 6.92 Å². The molecule has 1 unspecified atom stereocenters. The Labute approximate surface area is 102 Å². The van der Waals surface area contributed by atoms with Crippen molar-refractivity contribution in [3.63, 3.8) is 0 Å². The highest BCUT2D eigenvalue weighted by atomic mass is 32.2. The molecular weight excluding hydrogens is 218 g/mol. The van der Waals surface area contributed by atoms with Crippen LogP contribution in [-0.2, 0) is 0 Å². The van der Waals surface area contributed by atoms with Crippen molar-refractivity contribution in [2.45, 2.75) is 26.3 Å². The molecular formula is C12H21N3S. The Hall–Kier alpha value is -0.740. The third kappa shape index (κ3) is 3.39. The van der Waals surface area contributed by atoms with Crippen molar-refractivity contribution in [1.82, 2.24) is 10.3 Å². The summed E-state index contributed by atoms with van der Waals surface area (Å²) >= 11 is 1.95. The molecule has 0 spiro atoms. The lowest BCUT2D eigenvalue weighted by Gasteiger charge is -2.19. The van der Waals surface area contributed by atoms with Crippen LogP contribution in [0.25, 0.3) is 0 Å². The van der Waals surface area contributed by atoms with Crippen molar-refractivity contribution in [3.05, 3.63) is 23.4 Å². The molecule has 4 heteroatoms. The predicted octanol–water partition coefficient (Wildman–Crippen LogP) is 2.38. The number of aryl methyl sites for hydroxylation is 1. The van der Waals surface area contributed by atoms with Gasteiger partial charge in [-0.3, -0.25) is 0 Å². The normalized spacial score (nSPS) is 12.7. The van der Waals surface area contributed by atoms with Gasteiger partial charge in [0.05, 0.1) is 0 Å². The van der Waals surface area contributed by atoms with E-state index in [-0.39, 0.29) is 0 Å². The van der Waals surface area contributed by atoms with E-state index >= 15 is 0 Å². The number of hydrogen-bond donors (Lipinski definition) is 2. The van der Waals surface area contributed by atoms with E-state index in [9.17, 15) is 0 Å². The number of hydrogen-bond acceptors (Lipinski definition) is 4. The molecule has 0 aromatic carbocycles. The molecule has 1 aromatic heterocycles. The summed E-state index contributed by atoms with van der Waals surface area (Å²) in [6.07, 6.45) is 2.97. The topological polar surface area (TPSA) is 50.9 Å². The number of anilines is 1. The number of rotatable bonds is 6. The summed E-state index contributed by atoms with van der Waals surface area (Å²) in [5, 5.41) is 3.32. The molecule has 1 rings (SSSR count). The van der Waals surface area contributed by atoms with Crippen molar-refractivity contribution in [2.75, 3.05) is 24.3 Å². The van der Waals surface area contributed by atoms with Gasteiger partial charge in [0, 0.05) is 23.6 Å². The Morgan fingerprint density at radius 2 is 2.31 bits per heavy atom. The van der Waals surface area contributed by atoms with Gasteiger partial charge in [0.25, 0.3) is 0 Å². The van der Waals surface area contributed by atoms with E-state index < -0.39 is 0 Å². The van der Waals surface area contributed by atoms with Crippen LogP contribution in [0.15, 0.2) is 12.3 Å². The van der Waals surface area contributed by atoms with Crippen LogP contribution >= 0.6 is 11.8 Å². The molecule has 3 nitrogen and oxygen atoms in total. The van der Waals surface area contributed by atoms with Gasteiger partial charge in [-0.05, 0) is 37.8 Å². The van der Waals surface area contributed by atoms with Gasteiger partial charge in [-0.2, -0.15) is 11.8 Å². The van der Waals surface area contributed by atoms with Gasteiger partial charge in [0.1, 0.15) is 5.82 Å². The quantitative estimate of drug-likeness (QED) is 0.748. The van der Waals surface area contributed by atoms with E-state index in [4.69, 9.17) is 5.73 Å². The number of pyridine rings is 1. The lowest BCUT2D eigenvalue weighted by molar-refractivity contribution is 0.657. The Bertz CT molecular complexity index is 308. The first-order valence-electron chi connectivity index (χ1n) is 5.66. The highest BCUT2D eigenvalue weighted by molar-refractivity contribution is 7.99. The Morgan fingerprint density at radius 1 is 1.56 bits per heavy atom. The van der Waals surface area contributed by atoms with Crippen LogP contribution in [0.3, 0.4) is 0 Å². The Morgan fingerprint density at radius 3 is 2.88 bits per heavy atom. The van der Waals surface area contributed by atoms with Crippen LogP contribution in [0.2, 0.25) is 0 Å². The summed E-state index contributed by atoms with van der Waals surface area (Å²) in [6, 6.07) is 2.31. The third-order valence-corrected chi connectivity index (χ3v) is 3.83. The van der Waals surface area contributed by atoms with E-state index in [0.29, 0.717) is 11.9 Å². The van der Waals surface area contributed by atoms with Crippen molar-refractivity contribution in [3.8, 4) is 0 Å². The minimum absolute atomic E-state index is 0.297. The summed E-state index contributed by atoms with van der Waals surface area (Å²) in [5.74, 6) is 2.88. The largest absolute Gasteiger partial charge is 0.383 e. The van der Waals surface area contributed by atoms with Gasteiger partial charge in [0.2, 0.25) is 0 Å². The van der Waals surface area contributed by atoms with E-state index in [1.54, 1.807) is 6.20 Å². The number of nitrogen functional groups attached to an aromatic ring is 1. The fourth-order valence-electron chi connectivity index (χ4n) is 1.70. The van der Waals surface area contributed by atoms with E-state index in [0.717, 1.165) is 11.3 Å². The zero-order chi connectivity index (χ0) is 12.0. The second kappa shape index (κ2) is 6.76. The molecule has 0 aliphatic carbocycles.